The molecule has 0 aromatic heterocycles. The minimum Gasteiger partial charge on any atom is -0.477 e. The lowest BCUT2D eigenvalue weighted by molar-refractivity contribution is -0.133. The first-order valence-electron chi connectivity index (χ1n) is 11.0. The molecule has 0 radical (unpaired) electrons. The number of amides is 1. The number of aliphatic carboxylic acids is 1. The number of carboxylic acid groups (broad SMARTS) is 1. The molecule has 2 heterocycles. The Kier molecular flexibility index (Phi) is 7.38. The molecule has 31 heavy (non-hydrogen) atoms. The van der Waals surface area contributed by atoms with Crippen molar-refractivity contribution in [3.8, 4) is 0 Å². The topological polar surface area (TPSA) is 69.6 Å². The Bertz CT molecular complexity index is 880. The van der Waals surface area contributed by atoms with Crippen molar-refractivity contribution in [3.63, 3.8) is 0 Å². The summed E-state index contributed by atoms with van der Waals surface area (Å²) in [5.74, 6) is 0.109. The van der Waals surface area contributed by atoms with Gasteiger partial charge in [-0.05, 0) is 61.3 Å². The molecule has 5 nitrogen and oxygen atoms in total. The van der Waals surface area contributed by atoms with Gasteiger partial charge in [0.25, 0.3) is 0 Å². The highest BCUT2D eigenvalue weighted by Crippen LogP contribution is 2.51. The van der Waals surface area contributed by atoms with Crippen molar-refractivity contribution in [1.82, 2.24) is 10.2 Å². The van der Waals surface area contributed by atoms with Gasteiger partial charge < -0.3 is 15.3 Å². The van der Waals surface area contributed by atoms with Gasteiger partial charge in [-0.2, -0.15) is 0 Å². The van der Waals surface area contributed by atoms with Crippen LogP contribution in [0.3, 0.4) is 0 Å². The van der Waals surface area contributed by atoms with E-state index < -0.39 is 5.97 Å². The second-order valence-corrected chi connectivity index (χ2v) is 11.7. The van der Waals surface area contributed by atoms with Crippen molar-refractivity contribution < 1.29 is 14.7 Å². The molecule has 1 unspecified atom stereocenters. The summed E-state index contributed by atoms with van der Waals surface area (Å²) in [5.41, 5.74) is 1.32. The van der Waals surface area contributed by atoms with E-state index in [-0.39, 0.29) is 10.8 Å². The van der Waals surface area contributed by atoms with Crippen molar-refractivity contribution >= 4 is 55.5 Å². The maximum Gasteiger partial charge on any atom is 0.352 e. The van der Waals surface area contributed by atoms with Crippen LogP contribution < -0.4 is 5.32 Å². The number of carbonyl (C=O) groups is 2. The van der Waals surface area contributed by atoms with Gasteiger partial charge in [-0.3, -0.25) is 4.79 Å². The Labute approximate surface area is 204 Å². The van der Waals surface area contributed by atoms with Crippen LogP contribution in [0.5, 0.6) is 0 Å². The van der Waals surface area contributed by atoms with E-state index in [0.717, 1.165) is 53.3 Å². The van der Waals surface area contributed by atoms with Crippen LogP contribution in [-0.4, -0.2) is 39.8 Å². The zero-order chi connectivity index (χ0) is 22.0. The monoisotopic (exact) mass is 570 g/mol. The molecule has 168 valence electrons. The van der Waals surface area contributed by atoms with Gasteiger partial charge in [0.05, 0.1) is 11.3 Å². The fourth-order valence-corrected chi connectivity index (χ4v) is 7.60. The number of benzene rings is 1. The van der Waals surface area contributed by atoms with Crippen molar-refractivity contribution in [2.24, 2.45) is 11.8 Å². The summed E-state index contributed by atoms with van der Waals surface area (Å²) in [6, 6.07) is 5.91. The van der Waals surface area contributed by atoms with Crippen LogP contribution in [0, 0.1) is 11.8 Å². The number of nitrogens with zero attached hydrogens (tertiary/aromatic N) is 1. The Hall–Kier alpha value is -0.990. The molecule has 2 fully saturated rings. The predicted octanol–water partition coefficient (Wildman–Crippen LogP) is 5.53. The Morgan fingerprint density at radius 2 is 1.77 bits per heavy atom. The van der Waals surface area contributed by atoms with Crippen LogP contribution in [0.2, 0.25) is 0 Å². The molecule has 1 saturated heterocycles. The summed E-state index contributed by atoms with van der Waals surface area (Å²) in [6.45, 7) is 1.46. The van der Waals surface area contributed by atoms with E-state index in [2.05, 4.69) is 37.2 Å². The highest BCUT2D eigenvalue weighted by molar-refractivity contribution is 9.11. The number of halogens is 2. The highest BCUT2D eigenvalue weighted by atomic mass is 79.9. The van der Waals surface area contributed by atoms with E-state index in [0.29, 0.717) is 24.0 Å². The molecule has 2 aliphatic heterocycles. The lowest BCUT2D eigenvalue weighted by atomic mass is 9.74. The molecule has 0 spiro atoms. The fraction of sp³-hybridized carbons (Fsp3) is 0.565. The van der Waals surface area contributed by atoms with E-state index in [9.17, 15) is 14.7 Å². The summed E-state index contributed by atoms with van der Waals surface area (Å²) in [5, 5.41) is 14.8. The number of nitrogens with one attached hydrogen (secondary N) is 1. The zero-order valence-electron chi connectivity index (χ0n) is 17.4. The van der Waals surface area contributed by atoms with E-state index >= 15 is 0 Å². The lowest BCUT2D eigenvalue weighted by Crippen LogP contribution is -2.55. The summed E-state index contributed by atoms with van der Waals surface area (Å²) < 4.78 is 1.92. The van der Waals surface area contributed by atoms with Crippen LogP contribution in [0.15, 0.2) is 38.2 Å². The molecule has 1 aromatic carbocycles. The van der Waals surface area contributed by atoms with Gasteiger partial charge in [-0.1, -0.05) is 51.1 Å². The van der Waals surface area contributed by atoms with Crippen LogP contribution in [0.4, 0.5) is 0 Å². The van der Waals surface area contributed by atoms with Gasteiger partial charge in [0.15, 0.2) is 0 Å². The number of carbonyl (C=O) groups excluding carboxylic acids is 1. The van der Waals surface area contributed by atoms with Gasteiger partial charge in [0.2, 0.25) is 5.91 Å². The summed E-state index contributed by atoms with van der Waals surface area (Å²) >= 11 is 8.72. The molecule has 1 aliphatic carbocycles. The minimum atomic E-state index is -0.877. The largest absolute Gasteiger partial charge is 0.477 e. The van der Waals surface area contributed by atoms with Crippen LogP contribution in [0.25, 0.3) is 0 Å². The number of thioether (sulfide) groups is 1. The highest BCUT2D eigenvalue weighted by Gasteiger charge is 2.50. The first-order valence-corrected chi connectivity index (χ1v) is 13.5. The van der Waals surface area contributed by atoms with E-state index in [1.807, 2.05) is 23.1 Å². The van der Waals surface area contributed by atoms with Crippen molar-refractivity contribution in [3.05, 3.63) is 43.8 Å². The summed E-state index contributed by atoms with van der Waals surface area (Å²) in [7, 11) is 0. The molecule has 3 aliphatic rings. The van der Waals surface area contributed by atoms with Crippen molar-refractivity contribution in [2.75, 3.05) is 13.1 Å². The number of rotatable bonds is 5. The SMILES string of the molecule is O=C(O)C1=CSC(C2CCCCC2)(C2CCN(C(=O)Cc3cc(Br)ccc3Br)CC2)N1. The number of hydrogen-bond acceptors (Lipinski definition) is 4. The van der Waals surface area contributed by atoms with E-state index in [4.69, 9.17) is 0 Å². The zero-order valence-corrected chi connectivity index (χ0v) is 21.4. The Morgan fingerprint density at radius 3 is 2.42 bits per heavy atom. The van der Waals surface area contributed by atoms with Crippen LogP contribution >= 0.6 is 43.6 Å². The molecule has 2 N–H and O–H groups in total. The third-order valence-corrected chi connectivity index (χ3v) is 9.73. The van der Waals surface area contributed by atoms with Gasteiger partial charge >= 0.3 is 5.97 Å². The molecule has 1 aromatic rings. The average Bonchev–Trinajstić information content (AvgIpc) is 3.24. The minimum absolute atomic E-state index is 0.153. The van der Waals surface area contributed by atoms with E-state index in [1.54, 1.807) is 17.2 Å². The van der Waals surface area contributed by atoms with Gasteiger partial charge in [0, 0.05) is 27.4 Å². The first-order chi connectivity index (χ1) is 14.9. The lowest BCUT2D eigenvalue weighted by Gasteiger charge is -2.48. The summed E-state index contributed by atoms with van der Waals surface area (Å²) in [6.07, 6.45) is 8.20. The van der Waals surface area contributed by atoms with E-state index in [1.165, 1.54) is 19.3 Å². The molecule has 1 saturated carbocycles. The molecule has 0 bridgehead atoms. The maximum atomic E-state index is 13.0. The molecule has 1 amide bonds. The maximum absolute atomic E-state index is 13.0. The molecule has 4 rings (SSSR count). The van der Waals surface area contributed by atoms with Crippen LogP contribution in [0.1, 0.15) is 50.5 Å². The normalized spacial score (nSPS) is 25.2. The molecular weight excluding hydrogens is 544 g/mol. The van der Waals surface area contributed by atoms with Gasteiger partial charge in [-0.25, -0.2) is 4.79 Å². The van der Waals surface area contributed by atoms with Gasteiger partial charge in [-0.15, -0.1) is 11.8 Å². The van der Waals surface area contributed by atoms with Crippen LogP contribution in [-0.2, 0) is 16.0 Å². The fourth-order valence-electron chi connectivity index (χ4n) is 5.30. The number of carboxylic acids is 1. The number of hydrogen-bond donors (Lipinski definition) is 2. The Morgan fingerprint density at radius 1 is 1.10 bits per heavy atom. The quantitative estimate of drug-likeness (QED) is 0.486. The second kappa shape index (κ2) is 9.87. The first kappa shape index (κ1) is 23.2. The third-order valence-electron chi connectivity index (χ3n) is 6.95. The molecular formula is C23H28Br2N2O3S. The number of likely N-dealkylation sites (tertiary alicyclic amines) is 1. The number of piperidine rings is 1. The van der Waals surface area contributed by atoms with Crippen molar-refractivity contribution in [1.29, 1.82) is 0 Å². The predicted molar refractivity (Wildman–Crippen MR) is 131 cm³/mol. The smallest absolute Gasteiger partial charge is 0.352 e. The third kappa shape index (κ3) is 5.01. The summed E-state index contributed by atoms with van der Waals surface area (Å²) in [4.78, 5) is 26.3. The molecule has 1 atom stereocenters. The second-order valence-electron chi connectivity index (χ2n) is 8.78. The molecule has 8 heteroatoms. The van der Waals surface area contributed by atoms with Crippen molar-refractivity contribution in [2.45, 2.75) is 56.2 Å². The standard InChI is InChI=1S/C23H28Br2N2O3S/c24-18-6-7-19(25)15(12-18)13-21(28)27-10-8-17(9-11-27)23(16-4-2-1-3-5-16)26-20(14-31-23)22(29)30/h6-7,12,14,16-17,26H,1-5,8-11,13H2,(H,29,30). The Balaban J connectivity index is 1.42. The van der Waals surface area contributed by atoms with Gasteiger partial charge in [0.1, 0.15) is 5.70 Å². The average molecular weight is 572 g/mol.